The zero-order valence-corrected chi connectivity index (χ0v) is 12.2. The Morgan fingerprint density at radius 2 is 2.11 bits per heavy atom. The average Bonchev–Trinajstić information content (AvgIpc) is 2.43. The van der Waals surface area contributed by atoms with Crippen LogP contribution < -0.4 is 11.3 Å². The van der Waals surface area contributed by atoms with Crippen LogP contribution >= 0.6 is 23.4 Å². The third kappa shape index (κ3) is 3.94. The molecular formula is C14H16ClN3S. The van der Waals surface area contributed by atoms with E-state index in [1.54, 1.807) is 11.8 Å². The Bertz CT molecular complexity index is 530. The van der Waals surface area contributed by atoms with E-state index in [2.05, 4.69) is 10.4 Å². The van der Waals surface area contributed by atoms with E-state index in [0.29, 0.717) is 0 Å². The van der Waals surface area contributed by atoms with E-state index >= 15 is 0 Å². The molecule has 1 unspecified atom stereocenters. The van der Waals surface area contributed by atoms with Crippen molar-refractivity contribution < 1.29 is 0 Å². The van der Waals surface area contributed by atoms with Crippen LogP contribution in [-0.4, -0.2) is 10.7 Å². The highest BCUT2D eigenvalue weighted by Gasteiger charge is 2.11. The molecule has 0 radical (unpaired) electrons. The van der Waals surface area contributed by atoms with E-state index in [4.69, 9.17) is 17.4 Å². The molecule has 0 fully saturated rings. The molecule has 1 aromatic carbocycles. The molecule has 0 saturated heterocycles. The molecule has 2 rings (SSSR count). The summed E-state index contributed by atoms with van der Waals surface area (Å²) in [6, 6.07) is 11.9. The number of aromatic nitrogens is 1. The van der Waals surface area contributed by atoms with Gasteiger partial charge in [-0.05, 0) is 30.7 Å². The Morgan fingerprint density at radius 1 is 1.32 bits per heavy atom. The van der Waals surface area contributed by atoms with Crippen LogP contribution in [0.5, 0.6) is 0 Å². The molecule has 0 saturated carbocycles. The predicted octanol–water partition coefficient (Wildman–Crippen LogP) is 3.34. The highest BCUT2D eigenvalue weighted by Crippen LogP contribution is 2.29. The topological polar surface area (TPSA) is 50.9 Å². The number of nitrogens with zero attached hydrogens (tertiary/aromatic N) is 1. The van der Waals surface area contributed by atoms with Gasteiger partial charge in [-0.15, -0.1) is 11.8 Å². The number of nitrogens with two attached hydrogens (primary N) is 1. The fourth-order valence-electron chi connectivity index (χ4n) is 1.66. The van der Waals surface area contributed by atoms with Crippen molar-refractivity contribution in [3.63, 3.8) is 0 Å². The Labute approximate surface area is 122 Å². The number of hydrogen-bond acceptors (Lipinski definition) is 4. The van der Waals surface area contributed by atoms with Gasteiger partial charge in [0.15, 0.2) is 0 Å². The number of halogens is 1. The van der Waals surface area contributed by atoms with Gasteiger partial charge in [0.2, 0.25) is 0 Å². The van der Waals surface area contributed by atoms with Crippen molar-refractivity contribution in [3.8, 4) is 0 Å². The fourth-order valence-corrected chi connectivity index (χ4v) is 2.98. The lowest BCUT2D eigenvalue weighted by molar-refractivity contribution is 0.608. The minimum atomic E-state index is 0.0503. The minimum Gasteiger partial charge on any atom is -0.271 e. The number of thioether (sulfide) groups is 1. The second kappa shape index (κ2) is 6.91. The van der Waals surface area contributed by atoms with Crippen LogP contribution in [0.4, 0.5) is 0 Å². The predicted molar refractivity (Wildman–Crippen MR) is 81.2 cm³/mol. The number of rotatable bonds is 5. The van der Waals surface area contributed by atoms with Crippen LogP contribution in [-0.2, 0) is 0 Å². The molecule has 19 heavy (non-hydrogen) atoms. The number of hydrogen-bond donors (Lipinski definition) is 2. The molecule has 0 amide bonds. The smallest absolute Gasteiger partial charge is 0.0569 e. The normalized spacial score (nSPS) is 12.4. The third-order valence-corrected chi connectivity index (χ3v) is 4.39. The Morgan fingerprint density at radius 3 is 2.74 bits per heavy atom. The van der Waals surface area contributed by atoms with Crippen LogP contribution in [0.15, 0.2) is 47.5 Å². The largest absolute Gasteiger partial charge is 0.271 e. The molecule has 0 aliphatic rings. The van der Waals surface area contributed by atoms with E-state index in [0.717, 1.165) is 26.9 Å². The quantitative estimate of drug-likeness (QED) is 0.504. The van der Waals surface area contributed by atoms with Crippen molar-refractivity contribution in [3.05, 3.63) is 58.9 Å². The van der Waals surface area contributed by atoms with Crippen LogP contribution in [0.3, 0.4) is 0 Å². The summed E-state index contributed by atoms with van der Waals surface area (Å²) in [4.78, 5) is 5.35. The van der Waals surface area contributed by atoms with Gasteiger partial charge < -0.3 is 0 Å². The van der Waals surface area contributed by atoms with Gasteiger partial charge in [0.25, 0.3) is 0 Å². The van der Waals surface area contributed by atoms with Crippen LogP contribution in [0, 0.1) is 6.92 Å². The summed E-state index contributed by atoms with van der Waals surface area (Å²) in [6.45, 7) is 1.97. The van der Waals surface area contributed by atoms with E-state index in [1.807, 2.05) is 49.5 Å². The van der Waals surface area contributed by atoms with E-state index in [9.17, 15) is 0 Å². The molecule has 1 heterocycles. The van der Waals surface area contributed by atoms with Gasteiger partial charge in [-0.25, -0.2) is 0 Å². The monoisotopic (exact) mass is 293 g/mol. The molecule has 1 atom stereocenters. The van der Waals surface area contributed by atoms with Crippen molar-refractivity contribution in [2.75, 3.05) is 5.75 Å². The van der Waals surface area contributed by atoms with Crippen molar-refractivity contribution in [1.29, 1.82) is 0 Å². The zero-order chi connectivity index (χ0) is 13.7. The van der Waals surface area contributed by atoms with Crippen LogP contribution in [0.25, 0.3) is 0 Å². The second-order valence-corrected chi connectivity index (χ2v) is 5.66. The van der Waals surface area contributed by atoms with Gasteiger partial charge >= 0.3 is 0 Å². The van der Waals surface area contributed by atoms with Crippen LogP contribution in [0.2, 0.25) is 5.02 Å². The van der Waals surface area contributed by atoms with Gasteiger partial charge in [0.1, 0.15) is 0 Å². The summed E-state index contributed by atoms with van der Waals surface area (Å²) >= 11 is 7.81. The summed E-state index contributed by atoms with van der Waals surface area (Å²) in [5, 5.41) is 0.769. The highest BCUT2D eigenvalue weighted by molar-refractivity contribution is 7.99. The summed E-state index contributed by atoms with van der Waals surface area (Å²) in [5.41, 5.74) is 4.90. The molecule has 1 aromatic heterocycles. The molecule has 2 aromatic rings. The molecule has 3 nitrogen and oxygen atoms in total. The van der Waals surface area contributed by atoms with Gasteiger partial charge in [-0.1, -0.05) is 29.8 Å². The molecule has 0 aliphatic heterocycles. The third-order valence-electron chi connectivity index (χ3n) is 2.78. The molecule has 0 spiro atoms. The summed E-state index contributed by atoms with van der Waals surface area (Å²) in [7, 11) is 0. The number of nitrogens with one attached hydrogen (secondary N) is 1. The van der Waals surface area contributed by atoms with E-state index < -0.39 is 0 Å². The average molecular weight is 294 g/mol. The Hall–Kier alpha value is -1.07. The maximum atomic E-state index is 6.13. The Kier molecular flexibility index (Phi) is 5.22. The molecule has 100 valence electrons. The molecule has 0 bridgehead atoms. The van der Waals surface area contributed by atoms with Crippen LogP contribution in [0.1, 0.15) is 17.3 Å². The SMILES string of the molecule is Cc1ccc(C(CSc2ccccc2Cl)NN)cn1. The number of aryl methyl sites for hydroxylation is 1. The highest BCUT2D eigenvalue weighted by atomic mass is 35.5. The first kappa shape index (κ1) is 14.3. The van der Waals surface area contributed by atoms with Crippen molar-refractivity contribution in [2.45, 2.75) is 17.9 Å². The van der Waals surface area contributed by atoms with E-state index in [1.165, 1.54) is 0 Å². The maximum absolute atomic E-state index is 6.13. The summed E-state index contributed by atoms with van der Waals surface area (Å²) in [6.07, 6.45) is 1.85. The number of pyridine rings is 1. The first-order valence-corrected chi connectivity index (χ1v) is 7.33. The number of hydrazine groups is 1. The van der Waals surface area contributed by atoms with Gasteiger partial charge in [0.05, 0.1) is 11.1 Å². The zero-order valence-electron chi connectivity index (χ0n) is 10.6. The number of benzene rings is 1. The molecule has 3 N–H and O–H groups in total. The van der Waals surface area contributed by atoms with Crippen molar-refractivity contribution in [1.82, 2.24) is 10.4 Å². The standard InChI is InChI=1S/C14H16ClN3S/c1-10-6-7-11(8-17-10)13(18-16)9-19-14-5-3-2-4-12(14)15/h2-8,13,18H,9,16H2,1H3. The van der Waals surface area contributed by atoms with Crippen molar-refractivity contribution >= 4 is 23.4 Å². The molecular weight excluding hydrogens is 278 g/mol. The molecule has 5 heteroatoms. The summed E-state index contributed by atoms with van der Waals surface area (Å²) < 4.78 is 0. The van der Waals surface area contributed by atoms with Crippen molar-refractivity contribution in [2.24, 2.45) is 5.84 Å². The fraction of sp³-hybridized carbons (Fsp3) is 0.214. The van der Waals surface area contributed by atoms with E-state index in [-0.39, 0.29) is 6.04 Å². The molecule has 0 aliphatic carbocycles. The maximum Gasteiger partial charge on any atom is 0.0569 e. The lowest BCUT2D eigenvalue weighted by atomic mass is 10.1. The first-order valence-electron chi connectivity index (χ1n) is 5.96. The Balaban J connectivity index is 2.04. The summed E-state index contributed by atoms with van der Waals surface area (Å²) in [5.74, 6) is 6.42. The minimum absolute atomic E-state index is 0.0503. The van der Waals surface area contributed by atoms with Gasteiger partial charge in [-0.2, -0.15) is 0 Å². The van der Waals surface area contributed by atoms with Gasteiger partial charge in [-0.3, -0.25) is 16.3 Å². The van der Waals surface area contributed by atoms with Gasteiger partial charge in [0, 0.05) is 22.5 Å². The lowest BCUT2D eigenvalue weighted by Gasteiger charge is -2.16. The second-order valence-electron chi connectivity index (χ2n) is 4.19. The first-order chi connectivity index (χ1) is 9.20. The lowest BCUT2D eigenvalue weighted by Crippen LogP contribution is -2.29.